The molecular weight excluding hydrogens is 580 g/mol. The van der Waals surface area contributed by atoms with E-state index in [1.807, 2.05) is 0 Å². The summed E-state index contributed by atoms with van der Waals surface area (Å²) in [5.74, 6) is -5.95. The predicted molar refractivity (Wildman–Crippen MR) is 141 cm³/mol. The molecule has 2 aliphatic rings. The Labute approximate surface area is 241 Å². The van der Waals surface area contributed by atoms with E-state index in [4.69, 9.17) is 23.4 Å². The van der Waals surface area contributed by atoms with Crippen molar-refractivity contribution in [1.82, 2.24) is 0 Å². The smallest absolute Gasteiger partial charge is 0.269 e. The van der Waals surface area contributed by atoms with Gasteiger partial charge in [0, 0.05) is 17.7 Å². The van der Waals surface area contributed by atoms with Crippen molar-refractivity contribution in [3.8, 4) is 40.1 Å². The van der Waals surface area contributed by atoms with Crippen LogP contribution in [0.4, 0.5) is 0 Å². The minimum atomic E-state index is -2.90. The van der Waals surface area contributed by atoms with E-state index in [0.29, 0.717) is 0 Å². The minimum Gasteiger partial charge on any atom is -0.508 e. The largest absolute Gasteiger partial charge is 0.508 e. The van der Waals surface area contributed by atoms with E-state index in [9.17, 15) is 55.9 Å². The lowest BCUT2D eigenvalue weighted by Gasteiger charge is -2.53. The molecule has 0 aliphatic carbocycles. The van der Waals surface area contributed by atoms with Gasteiger partial charge in [-0.05, 0) is 18.2 Å². The quantitative estimate of drug-likeness (QED) is 0.130. The van der Waals surface area contributed by atoms with Gasteiger partial charge in [0.1, 0.15) is 59.1 Å². The van der Waals surface area contributed by atoms with Crippen molar-refractivity contribution < 1.29 is 74.4 Å². The molecule has 43 heavy (non-hydrogen) atoms. The summed E-state index contributed by atoms with van der Waals surface area (Å²) in [7, 11) is 1.19. The summed E-state index contributed by atoms with van der Waals surface area (Å²) in [4.78, 5) is 14.1. The van der Waals surface area contributed by atoms with Gasteiger partial charge < -0.3 is 74.4 Å². The van der Waals surface area contributed by atoms with Gasteiger partial charge in [0.15, 0.2) is 29.5 Å². The summed E-state index contributed by atoms with van der Waals surface area (Å²) in [6, 6.07) is 5.40. The number of hydrogen-bond donors (Lipinski definition) is 10. The lowest BCUT2D eigenvalue weighted by molar-refractivity contribution is -0.388. The zero-order chi connectivity index (χ0) is 31.4. The highest BCUT2D eigenvalue weighted by Crippen LogP contribution is 2.44. The van der Waals surface area contributed by atoms with Crippen molar-refractivity contribution in [2.24, 2.45) is 0 Å². The third-order valence-electron chi connectivity index (χ3n) is 7.50. The molecule has 234 valence electrons. The summed E-state index contributed by atoms with van der Waals surface area (Å²) < 4.78 is 28.4. The second-order valence-electron chi connectivity index (χ2n) is 10.2. The molecular formula is C27H30O16. The molecule has 0 spiro atoms. The maximum atomic E-state index is 14.1. The van der Waals surface area contributed by atoms with Crippen molar-refractivity contribution in [2.45, 2.75) is 54.6 Å². The third-order valence-corrected chi connectivity index (χ3v) is 7.50. The van der Waals surface area contributed by atoms with Crippen LogP contribution in [0.1, 0.15) is 0 Å². The SMILES string of the molecule is COc1cc(O)cc2oc(-c3ccc(O)c(O)c3)c(O[C@]3([C@H]4OC[C@@H](O)[C@@H](O)[C@H]4O)O[C@@H](CO)[C@H](O)[C@H](O)[C@@H]3O)c(=O)c12. The Balaban J connectivity index is 1.81. The topological polar surface area (TPSA) is 269 Å². The normalized spacial score (nSPS) is 32.9. The molecule has 16 nitrogen and oxygen atoms in total. The second-order valence-corrected chi connectivity index (χ2v) is 10.2. The second kappa shape index (κ2) is 11.4. The summed E-state index contributed by atoms with van der Waals surface area (Å²) in [5, 5.41) is 104. The summed E-state index contributed by atoms with van der Waals surface area (Å²) in [5.41, 5.74) is -1.39. The number of methoxy groups -OCH3 is 1. The first-order valence-electron chi connectivity index (χ1n) is 12.9. The van der Waals surface area contributed by atoms with Gasteiger partial charge in [-0.15, -0.1) is 0 Å². The Kier molecular flexibility index (Phi) is 8.16. The lowest BCUT2D eigenvalue weighted by Crippen LogP contribution is -2.76. The molecule has 2 aliphatic heterocycles. The number of aliphatic hydroxyl groups excluding tert-OH is 7. The molecule has 0 bridgehead atoms. The summed E-state index contributed by atoms with van der Waals surface area (Å²) >= 11 is 0. The van der Waals surface area contributed by atoms with Gasteiger partial charge in [0.05, 0.1) is 20.3 Å². The number of rotatable bonds is 6. The van der Waals surface area contributed by atoms with Crippen molar-refractivity contribution in [2.75, 3.05) is 20.3 Å². The van der Waals surface area contributed by atoms with Gasteiger partial charge in [-0.1, -0.05) is 0 Å². The Bertz CT molecular complexity index is 1550. The number of phenols is 3. The highest BCUT2D eigenvalue weighted by Gasteiger charge is 2.64. The predicted octanol–water partition coefficient (Wildman–Crippen LogP) is -2.38. The summed E-state index contributed by atoms with van der Waals surface area (Å²) in [6.45, 7) is -1.62. The molecule has 2 saturated heterocycles. The van der Waals surface area contributed by atoms with E-state index >= 15 is 0 Å². The number of aliphatic hydroxyl groups is 7. The van der Waals surface area contributed by atoms with Crippen LogP contribution in [-0.4, -0.2) is 126 Å². The van der Waals surface area contributed by atoms with Crippen molar-refractivity contribution >= 4 is 11.0 Å². The molecule has 2 fully saturated rings. The number of hydrogen-bond acceptors (Lipinski definition) is 16. The molecule has 0 amide bonds. The average molecular weight is 611 g/mol. The lowest BCUT2D eigenvalue weighted by atomic mass is 9.84. The van der Waals surface area contributed by atoms with E-state index in [0.717, 1.165) is 24.3 Å². The molecule has 9 atom stereocenters. The highest BCUT2D eigenvalue weighted by molar-refractivity contribution is 5.88. The average Bonchev–Trinajstić information content (AvgIpc) is 2.98. The van der Waals surface area contributed by atoms with Crippen LogP contribution in [-0.2, 0) is 9.47 Å². The maximum absolute atomic E-state index is 14.1. The van der Waals surface area contributed by atoms with E-state index in [1.165, 1.54) is 13.2 Å². The fraction of sp³-hybridized carbons (Fsp3) is 0.444. The van der Waals surface area contributed by atoms with E-state index in [2.05, 4.69) is 0 Å². The molecule has 2 aromatic carbocycles. The maximum Gasteiger partial charge on any atom is 0.269 e. The van der Waals surface area contributed by atoms with Crippen molar-refractivity contribution in [3.05, 3.63) is 40.6 Å². The molecule has 10 N–H and O–H groups in total. The Morgan fingerprint density at radius 2 is 1.65 bits per heavy atom. The van der Waals surface area contributed by atoms with Crippen LogP contribution in [0.25, 0.3) is 22.3 Å². The van der Waals surface area contributed by atoms with Crippen molar-refractivity contribution in [3.63, 3.8) is 0 Å². The number of aromatic hydroxyl groups is 3. The van der Waals surface area contributed by atoms with Crippen LogP contribution in [0.5, 0.6) is 28.7 Å². The van der Waals surface area contributed by atoms with E-state index in [1.54, 1.807) is 0 Å². The highest BCUT2D eigenvalue weighted by atomic mass is 16.7. The van der Waals surface area contributed by atoms with Gasteiger partial charge in [-0.25, -0.2) is 0 Å². The zero-order valence-electron chi connectivity index (χ0n) is 22.3. The van der Waals surface area contributed by atoms with Gasteiger partial charge in [-0.3, -0.25) is 4.79 Å². The van der Waals surface area contributed by atoms with Crippen LogP contribution < -0.4 is 14.9 Å². The molecule has 0 saturated carbocycles. The Morgan fingerprint density at radius 1 is 0.930 bits per heavy atom. The Morgan fingerprint density at radius 3 is 2.30 bits per heavy atom. The van der Waals surface area contributed by atoms with Crippen LogP contribution in [0.2, 0.25) is 0 Å². The Hall–Kier alpha value is -3.71. The van der Waals surface area contributed by atoms with Gasteiger partial charge >= 0.3 is 0 Å². The zero-order valence-corrected chi connectivity index (χ0v) is 22.3. The monoisotopic (exact) mass is 610 g/mol. The molecule has 5 rings (SSSR count). The minimum absolute atomic E-state index is 0.105. The molecule has 3 heterocycles. The molecule has 3 aromatic rings. The third kappa shape index (κ3) is 5.01. The fourth-order valence-corrected chi connectivity index (χ4v) is 5.23. The molecule has 0 radical (unpaired) electrons. The number of benzene rings is 2. The first kappa shape index (κ1) is 30.7. The van der Waals surface area contributed by atoms with Crippen LogP contribution in [0.3, 0.4) is 0 Å². The van der Waals surface area contributed by atoms with Gasteiger partial charge in [0.2, 0.25) is 11.2 Å². The van der Waals surface area contributed by atoms with Crippen LogP contribution in [0.15, 0.2) is 39.5 Å². The standard InChI is InChI=1S/C27H30O16/c1-39-14-5-10(29)6-15-17(14)20(35)24(23(41-15)9-2-3-11(30)12(31)4-9)43-27(26-22(37)18(33)13(32)8-40-26)25(38)21(36)19(34)16(7-28)42-27/h2-6,13,16,18-19,21-22,25-26,28-34,36-38H,7-8H2,1H3/t13-,16+,18-,19+,21+,22-,25+,26+,27-/m1/s1. The van der Waals surface area contributed by atoms with Gasteiger partial charge in [0.25, 0.3) is 5.79 Å². The molecule has 1 aromatic heterocycles. The first-order chi connectivity index (χ1) is 20.3. The van der Waals surface area contributed by atoms with Crippen LogP contribution >= 0.6 is 0 Å². The molecule has 16 heteroatoms. The fourth-order valence-electron chi connectivity index (χ4n) is 5.23. The number of phenolic OH excluding ortho intramolecular Hbond substituents is 3. The first-order valence-corrected chi connectivity index (χ1v) is 12.9. The summed E-state index contributed by atoms with van der Waals surface area (Å²) in [6.07, 6.45) is -15.7. The van der Waals surface area contributed by atoms with Crippen LogP contribution in [0, 0.1) is 0 Å². The molecule has 0 unspecified atom stereocenters. The number of ether oxygens (including phenoxy) is 4. The number of fused-ring (bicyclic) bond motifs is 1. The van der Waals surface area contributed by atoms with Crippen molar-refractivity contribution in [1.29, 1.82) is 0 Å². The van der Waals surface area contributed by atoms with E-state index < -0.39 is 96.3 Å². The van der Waals surface area contributed by atoms with Gasteiger partial charge in [-0.2, -0.15) is 0 Å². The van der Waals surface area contributed by atoms with E-state index in [-0.39, 0.29) is 28.0 Å².